The quantitative estimate of drug-likeness (QED) is 0.843. The molecule has 3 nitrogen and oxygen atoms in total. The molecule has 0 amide bonds. The summed E-state index contributed by atoms with van der Waals surface area (Å²) >= 11 is 0. The smallest absolute Gasteiger partial charge is 0.145 e. The maximum atomic E-state index is 6.00. The number of nitrogens with two attached hydrogens (primary N) is 1. The lowest BCUT2D eigenvalue weighted by Gasteiger charge is -2.22. The highest BCUT2D eigenvalue weighted by Crippen LogP contribution is 2.35. The second kappa shape index (κ2) is 5.45. The summed E-state index contributed by atoms with van der Waals surface area (Å²) in [5.74, 6) is 2.19. The predicted molar refractivity (Wildman–Crippen MR) is 82.6 cm³/mol. The van der Waals surface area contributed by atoms with Gasteiger partial charge in [0.15, 0.2) is 0 Å². The Labute approximate surface area is 120 Å². The molecule has 0 aliphatic heterocycles. The fourth-order valence-corrected chi connectivity index (χ4v) is 2.06. The van der Waals surface area contributed by atoms with Crippen LogP contribution in [0, 0.1) is 0 Å². The first kappa shape index (κ1) is 14.3. The summed E-state index contributed by atoms with van der Waals surface area (Å²) in [6.07, 6.45) is 0. The SMILES string of the molecule is COc1cc(Oc2ccccc2C(C)(C)C)ccc1N. The summed E-state index contributed by atoms with van der Waals surface area (Å²) in [6, 6.07) is 13.5. The molecule has 0 aromatic heterocycles. The van der Waals surface area contributed by atoms with Crippen LogP contribution in [0.2, 0.25) is 0 Å². The molecule has 0 bridgehead atoms. The van der Waals surface area contributed by atoms with E-state index >= 15 is 0 Å². The van der Waals surface area contributed by atoms with Crippen molar-refractivity contribution < 1.29 is 9.47 Å². The van der Waals surface area contributed by atoms with E-state index in [0.29, 0.717) is 17.2 Å². The van der Waals surface area contributed by atoms with Gasteiger partial charge in [-0.15, -0.1) is 0 Å². The van der Waals surface area contributed by atoms with Crippen LogP contribution in [0.25, 0.3) is 0 Å². The van der Waals surface area contributed by atoms with E-state index < -0.39 is 0 Å². The lowest BCUT2D eigenvalue weighted by atomic mass is 9.86. The van der Waals surface area contributed by atoms with E-state index in [-0.39, 0.29) is 5.41 Å². The average Bonchev–Trinajstić information content (AvgIpc) is 2.40. The fraction of sp³-hybridized carbons (Fsp3) is 0.294. The predicted octanol–water partition coefficient (Wildman–Crippen LogP) is 4.37. The van der Waals surface area contributed by atoms with Gasteiger partial charge in [0, 0.05) is 11.6 Å². The second-order valence-electron chi connectivity index (χ2n) is 5.75. The van der Waals surface area contributed by atoms with Gasteiger partial charge in [-0.1, -0.05) is 39.0 Å². The van der Waals surface area contributed by atoms with E-state index in [2.05, 4.69) is 26.8 Å². The Morgan fingerprint density at radius 2 is 1.65 bits per heavy atom. The number of hydrogen-bond acceptors (Lipinski definition) is 3. The Balaban J connectivity index is 2.36. The van der Waals surface area contributed by atoms with Crippen molar-refractivity contribution in [2.75, 3.05) is 12.8 Å². The standard InChI is InChI=1S/C17H21NO2/c1-17(2,3)13-7-5-6-8-15(13)20-12-9-10-14(18)16(11-12)19-4/h5-11H,18H2,1-4H3. The van der Waals surface area contributed by atoms with E-state index in [1.54, 1.807) is 19.2 Å². The molecule has 0 unspecified atom stereocenters. The molecule has 0 atom stereocenters. The monoisotopic (exact) mass is 271 g/mol. The van der Waals surface area contributed by atoms with Crippen LogP contribution < -0.4 is 15.2 Å². The van der Waals surface area contributed by atoms with E-state index in [0.717, 1.165) is 11.3 Å². The Morgan fingerprint density at radius 1 is 0.950 bits per heavy atom. The van der Waals surface area contributed by atoms with E-state index in [4.69, 9.17) is 15.2 Å². The van der Waals surface area contributed by atoms with Crippen molar-refractivity contribution in [1.29, 1.82) is 0 Å². The van der Waals surface area contributed by atoms with Gasteiger partial charge in [0.2, 0.25) is 0 Å². The number of hydrogen-bond donors (Lipinski definition) is 1. The van der Waals surface area contributed by atoms with Crippen molar-refractivity contribution >= 4 is 5.69 Å². The summed E-state index contributed by atoms with van der Waals surface area (Å²) in [5, 5.41) is 0. The molecular formula is C17H21NO2. The van der Waals surface area contributed by atoms with Crippen molar-refractivity contribution in [1.82, 2.24) is 0 Å². The van der Waals surface area contributed by atoms with E-state index in [9.17, 15) is 0 Å². The van der Waals surface area contributed by atoms with Gasteiger partial charge < -0.3 is 15.2 Å². The number of para-hydroxylation sites is 1. The molecule has 20 heavy (non-hydrogen) atoms. The zero-order valence-corrected chi connectivity index (χ0v) is 12.4. The Kier molecular flexibility index (Phi) is 3.89. The number of ether oxygens (including phenoxy) is 2. The summed E-state index contributed by atoms with van der Waals surface area (Å²) in [4.78, 5) is 0. The Hall–Kier alpha value is -2.16. The fourth-order valence-electron chi connectivity index (χ4n) is 2.06. The van der Waals surface area contributed by atoms with Crippen LogP contribution in [0.1, 0.15) is 26.3 Å². The highest BCUT2D eigenvalue weighted by Gasteiger charge is 2.18. The van der Waals surface area contributed by atoms with Crippen molar-refractivity contribution in [3.63, 3.8) is 0 Å². The van der Waals surface area contributed by atoms with Crippen molar-refractivity contribution in [3.05, 3.63) is 48.0 Å². The van der Waals surface area contributed by atoms with Crippen molar-refractivity contribution in [2.45, 2.75) is 26.2 Å². The van der Waals surface area contributed by atoms with E-state index in [1.165, 1.54) is 0 Å². The molecule has 0 saturated carbocycles. The highest BCUT2D eigenvalue weighted by atomic mass is 16.5. The molecule has 2 rings (SSSR count). The molecule has 0 spiro atoms. The lowest BCUT2D eigenvalue weighted by Crippen LogP contribution is -2.12. The first-order valence-electron chi connectivity index (χ1n) is 6.62. The molecule has 2 N–H and O–H groups in total. The average molecular weight is 271 g/mol. The molecule has 3 heteroatoms. The zero-order valence-electron chi connectivity index (χ0n) is 12.4. The molecule has 0 radical (unpaired) electrons. The topological polar surface area (TPSA) is 44.5 Å². The minimum atomic E-state index is 0.0223. The van der Waals surface area contributed by atoms with Gasteiger partial charge in [-0.25, -0.2) is 0 Å². The third-order valence-corrected chi connectivity index (χ3v) is 3.13. The van der Waals surface area contributed by atoms with Gasteiger partial charge in [0.05, 0.1) is 12.8 Å². The van der Waals surface area contributed by atoms with Gasteiger partial charge in [-0.05, 0) is 23.6 Å². The van der Waals surface area contributed by atoms with Gasteiger partial charge in [-0.3, -0.25) is 0 Å². The normalized spacial score (nSPS) is 11.2. The van der Waals surface area contributed by atoms with Crippen LogP contribution in [-0.4, -0.2) is 7.11 Å². The molecule has 2 aromatic carbocycles. The molecule has 106 valence electrons. The summed E-state index contributed by atoms with van der Waals surface area (Å²) in [6.45, 7) is 6.50. The Morgan fingerprint density at radius 3 is 2.30 bits per heavy atom. The molecule has 0 aliphatic carbocycles. The maximum absolute atomic E-state index is 6.00. The van der Waals surface area contributed by atoms with Crippen LogP contribution in [0.15, 0.2) is 42.5 Å². The van der Waals surface area contributed by atoms with E-state index in [1.807, 2.05) is 24.3 Å². The third-order valence-electron chi connectivity index (χ3n) is 3.13. The number of anilines is 1. The highest BCUT2D eigenvalue weighted by molar-refractivity contribution is 5.56. The number of benzene rings is 2. The minimum absolute atomic E-state index is 0.0223. The lowest BCUT2D eigenvalue weighted by molar-refractivity contribution is 0.409. The summed E-state index contributed by atoms with van der Waals surface area (Å²) in [7, 11) is 1.60. The summed E-state index contributed by atoms with van der Waals surface area (Å²) < 4.78 is 11.2. The third kappa shape index (κ3) is 3.05. The van der Waals surface area contributed by atoms with Crippen LogP contribution >= 0.6 is 0 Å². The first-order chi connectivity index (χ1) is 9.41. The van der Waals surface area contributed by atoms with Crippen molar-refractivity contribution in [3.8, 4) is 17.2 Å². The minimum Gasteiger partial charge on any atom is -0.494 e. The number of methoxy groups -OCH3 is 1. The van der Waals surface area contributed by atoms with Crippen LogP contribution in [0.4, 0.5) is 5.69 Å². The van der Waals surface area contributed by atoms with Gasteiger partial charge in [0.25, 0.3) is 0 Å². The van der Waals surface area contributed by atoms with Gasteiger partial charge in [0.1, 0.15) is 17.2 Å². The molecule has 0 aliphatic rings. The maximum Gasteiger partial charge on any atom is 0.145 e. The summed E-state index contributed by atoms with van der Waals surface area (Å²) in [5.41, 5.74) is 7.60. The number of nitrogen functional groups attached to an aromatic ring is 1. The van der Waals surface area contributed by atoms with Gasteiger partial charge >= 0.3 is 0 Å². The van der Waals surface area contributed by atoms with Crippen LogP contribution in [-0.2, 0) is 5.41 Å². The van der Waals surface area contributed by atoms with Crippen LogP contribution in [0.5, 0.6) is 17.2 Å². The zero-order chi connectivity index (χ0) is 14.8. The largest absolute Gasteiger partial charge is 0.494 e. The second-order valence-corrected chi connectivity index (χ2v) is 5.75. The molecular weight excluding hydrogens is 250 g/mol. The first-order valence-corrected chi connectivity index (χ1v) is 6.62. The number of rotatable bonds is 3. The molecule has 2 aromatic rings. The molecule has 0 saturated heterocycles. The molecule has 0 heterocycles. The van der Waals surface area contributed by atoms with Crippen molar-refractivity contribution in [2.24, 2.45) is 0 Å². The van der Waals surface area contributed by atoms with Gasteiger partial charge in [-0.2, -0.15) is 0 Å². The Bertz CT molecular complexity index is 600. The molecule has 0 fully saturated rings. The van der Waals surface area contributed by atoms with Crippen LogP contribution in [0.3, 0.4) is 0 Å².